The van der Waals surface area contributed by atoms with E-state index in [1.165, 1.54) is 12.5 Å². The minimum Gasteiger partial charge on any atom is -0.476 e. The number of nitrogens with zero attached hydrogens (tertiary/aromatic N) is 4. The monoisotopic (exact) mass is 246 g/mol. The Morgan fingerprint density at radius 1 is 1.39 bits per heavy atom. The van der Waals surface area contributed by atoms with E-state index in [-0.39, 0.29) is 11.6 Å². The topological polar surface area (TPSA) is 80.9 Å². The van der Waals surface area contributed by atoms with Crippen molar-refractivity contribution in [2.45, 2.75) is 26.7 Å². The number of aromatic carboxylic acids is 1. The van der Waals surface area contributed by atoms with Crippen molar-refractivity contribution in [2.24, 2.45) is 0 Å². The maximum atomic E-state index is 10.8. The first-order chi connectivity index (χ1) is 8.47. The summed E-state index contributed by atoms with van der Waals surface area (Å²) in [7, 11) is 0. The highest BCUT2D eigenvalue weighted by molar-refractivity contribution is 5.85. The van der Waals surface area contributed by atoms with Crippen molar-refractivity contribution in [3.8, 4) is 5.82 Å². The molecular formula is C12H14N4O2. The first-order valence-corrected chi connectivity index (χ1v) is 5.60. The molecule has 1 N–H and O–H groups in total. The summed E-state index contributed by atoms with van der Waals surface area (Å²) in [5.41, 5.74) is 0.839. The summed E-state index contributed by atoms with van der Waals surface area (Å²) in [4.78, 5) is 23.3. The Hall–Kier alpha value is -2.24. The predicted octanol–water partition coefficient (Wildman–Crippen LogP) is 1.79. The molecule has 0 fully saturated rings. The van der Waals surface area contributed by atoms with Crippen LogP contribution in [0.4, 0.5) is 0 Å². The summed E-state index contributed by atoms with van der Waals surface area (Å²) in [5, 5.41) is 8.83. The van der Waals surface area contributed by atoms with E-state index in [1.54, 1.807) is 10.6 Å². The average Bonchev–Trinajstić information content (AvgIpc) is 2.77. The largest absolute Gasteiger partial charge is 0.476 e. The highest BCUT2D eigenvalue weighted by atomic mass is 16.4. The zero-order valence-electron chi connectivity index (χ0n) is 10.5. The van der Waals surface area contributed by atoms with Crippen molar-refractivity contribution in [1.29, 1.82) is 0 Å². The van der Waals surface area contributed by atoms with Crippen LogP contribution in [0.5, 0.6) is 0 Å². The minimum absolute atomic E-state index is 0.00244. The van der Waals surface area contributed by atoms with Crippen LogP contribution in [0, 0.1) is 6.92 Å². The molecule has 0 saturated carbocycles. The molecule has 0 aliphatic heterocycles. The summed E-state index contributed by atoms with van der Waals surface area (Å²) in [6.07, 6.45) is 2.88. The first-order valence-electron chi connectivity index (χ1n) is 5.60. The van der Waals surface area contributed by atoms with E-state index in [0.29, 0.717) is 5.82 Å². The van der Waals surface area contributed by atoms with Crippen molar-refractivity contribution in [1.82, 2.24) is 19.5 Å². The van der Waals surface area contributed by atoms with Gasteiger partial charge in [0.25, 0.3) is 0 Å². The highest BCUT2D eigenvalue weighted by Crippen LogP contribution is 2.13. The minimum atomic E-state index is -1.05. The van der Waals surface area contributed by atoms with Crippen LogP contribution in [-0.2, 0) is 0 Å². The van der Waals surface area contributed by atoms with Crippen LogP contribution in [0.25, 0.3) is 5.82 Å². The van der Waals surface area contributed by atoms with E-state index in [1.807, 2.05) is 20.8 Å². The van der Waals surface area contributed by atoms with Crippen molar-refractivity contribution in [2.75, 3.05) is 0 Å². The first kappa shape index (κ1) is 12.2. The van der Waals surface area contributed by atoms with Gasteiger partial charge in [-0.2, -0.15) is 0 Å². The van der Waals surface area contributed by atoms with Gasteiger partial charge < -0.3 is 5.11 Å². The summed E-state index contributed by atoms with van der Waals surface area (Å²) in [6.45, 7) is 5.90. The van der Waals surface area contributed by atoms with Crippen molar-refractivity contribution >= 4 is 5.97 Å². The van der Waals surface area contributed by atoms with E-state index in [0.717, 1.165) is 11.5 Å². The van der Waals surface area contributed by atoms with Gasteiger partial charge in [-0.25, -0.2) is 19.7 Å². The molecule has 0 aliphatic rings. The Bertz CT molecular complexity index is 590. The normalized spacial score (nSPS) is 10.9. The molecule has 0 atom stereocenters. The lowest BCUT2D eigenvalue weighted by atomic mass is 10.2. The van der Waals surface area contributed by atoms with Crippen molar-refractivity contribution in [3.63, 3.8) is 0 Å². The number of carbonyl (C=O) groups is 1. The number of carboxylic acid groups (broad SMARTS) is 1. The van der Waals surface area contributed by atoms with Crippen LogP contribution in [0.1, 0.15) is 41.8 Å². The third-order valence-electron chi connectivity index (χ3n) is 2.44. The molecule has 0 spiro atoms. The average molecular weight is 246 g/mol. The van der Waals surface area contributed by atoms with E-state index in [2.05, 4.69) is 15.0 Å². The predicted molar refractivity (Wildman–Crippen MR) is 64.9 cm³/mol. The lowest BCUT2D eigenvalue weighted by molar-refractivity contribution is 0.0691. The molecule has 0 radical (unpaired) electrons. The standard InChI is InChI=1S/C12H14N4O2/c1-7(2)11-14-8(3)4-10(15-11)16-5-9(12(17)18)13-6-16/h4-7H,1-3H3,(H,17,18). The second-order valence-electron chi connectivity index (χ2n) is 4.35. The number of rotatable bonds is 3. The van der Waals surface area contributed by atoms with Gasteiger partial charge in [-0.3, -0.25) is 4.57 Å². The Labute approximate surface area is 104 Å². The zero-order chi connectivity index (χ0) is 13.3. The molecule has 0 unspecified atom stereocenters. The summed E-state index contributed by atoms with van der Waals surface area (Å²) >= 11 is 0. The van der Waals surface area contributed by atoms with Crippen LogP contribution >= 0.6 is 0 Å². The molecule has 0 aliphatic carbocycles. The Balaban J connectivity index is 2.46. The lowest BCUT2D eigenvalue weighted by Gasteiger charge is -2.08. The molecule has 0 aromatic carbocycles. The number of aryl methyl sites for hydroxylation is 1. The number of hydrogen-bond donors (Lipinski definition) is 1. The maximum absolute atomic E-state index is 10.8. The van der Waals surface area contributed by atoms with E-state index < -0.39 is 5.97 Å². The molecule has 18 heavy (non-hydrogen) atoms. The SMILES string of the molecule is Cc1cc(-n2cnc(C(=O)O)c2)nc(C(C)C)n1. The highest BCUT2D eigenvalue weighted by Gasteiger charge is 2.11. The summed E-state index contributed by atoms with van der Waals surface area (Å²) in [6, 6.07) is 1.79. The third kappa shape index (κ3) is 2.37. The molecule has 2 aromatic rings. The van der Waals surface area contributed by atoms with Gasteiger partial charge in [-0.05, 0) is 6.92 Å². The van der Waals surface area contributed by atoms with Crippen molar-refractivity contribution < 1.29 is 9.90 Å². The number of carboxylic acids is 1. The van der Waals surface area contributed by atoms with Gasteiger partial charge >= 0.3 is 5.97 Å². The third-order valence-corrected chi connectivity index (χ3v) is 2.44. The van der Waals surface area contributed by atoms with Gasteiger partial charge in [0.15, 0.2) is 5.69 Å². The second-order valence-corrected chi connectivity index (χ2v) is 4.35. The smallest absolute Gasteiger partial charge is 0.356 e. The fraction of sp³-hybridized carbons (Fsp3) is 0.333. The van der Waals surface area contributed by atoms with Crippen LogP contribution in [-0.4, -0.2) is 30.6 Å². The molecule has 0 saturated heterocycles. The summed E-state index contributed by atoms with van der Waals surface area (Å²) in [5.74, 6) is 0.525. The van der Waals surface area contributed by atoms with Gasteiger partial charge in [0.05, 0.1) is 0 Å². The van der Waals surface area contributed by atoms with Crippen LogP contribution < -0.4 is 0 Å². The Kier molecular flexibility index (Phi) is 3.10. The van der Waals surface area contributed by atoms with E-state index in [9.17, 15) is 4.79 Å². The fourth-order valence-electron chi connectivity index (χ4n) is 1.52. The maximum Gasteiger partial charge on any atom is 0.356 e. The number of imidazole rings is 1. The molecule has 6 heteroatoms. The Morgan fingerprint density at radius 3 is 2.67 bits per heavy atom. The van der Waals surface area contributed by atoms with Gasteiger partial charge in [-0.1, -0.05) is 13.8 Å². The molecule has 94 valence electrons. The number of aromatic nitrogens is 4. The molecule has 2 aromatic heterocycles. The molecule has 2 heterocycles. The zero-order valence-corrected chi connectivity index (χ0v) is 10.5. The fourth-order valence-corrected chi connectivity index (χ4v) is 1.52. The van der Waals surface area contributed by atoms with Gasteiger partial charge in [0.1, 0.15) is 18.0 Å². The van der Waals surface area contributed by atoms with Gasteiger partial charge in [-0.15, -0.1) is 0 Å². The summed E-state index contributed by atoms with van der Waals surface area (Å²) < 4.78 is 1.59. The molecule has 2 rings (SSSR count). The molecule has 0 amide bonds. The van der Waals surface area contributed by atoms with Crippen LogP contribution in [0.3, 0.4) is 0 Å². The van der Waals surface area contributed by atoms with Gasteiger partial charge in [0.2, 0.25) is 0 Å². The number of hydrogen-bond acceptors (Lipinski definition) is 4. The van der Waals surface area contributed by atoms with Crippen molar-refractivity contribution in [3.05, 3.63) is 35.8 Å². The van der Waals surface area contributed by atoms with Crippen LogP contribution in [0.2, 0.25) is 0 Å². The van der Waals surface area contributed by atoms with Gasteiger partial charge in [0, 0.05) is 23.9 Å². The molecule has 0 bridgehead atoms. The molecular weight excluding hydrogens is 232 g/mol. The lowest BCUT2D eigenvalue weighted by Crippen LogP contribution is -2.04. The Morgan fingerprint density at radius 2 is 2.11 bits per heavy atom. The second kappa shape index (κ2) is 4.56. The van der Waals surface area contributed by atoms with E-state index in [4.69, 9.17) is 5.11 Å². The van der Waals surface area contributed by atoms with Crippen LogP contribution in [0.15, 0.2) is 18.6 Å². The van der Waals surface area contributed by atoms with E-state index >= 15 is 0 Å². The molecule has 6 nitrogen and oxygen atoms in total. The quantitative estimate of drug-likeness (QED) is 0.892.